The maximum atomic E-state index is 12.4. The van der Waals surface area contributed by atoms with E-state index in [1.54, 1.807) is 0 Å². The van der Waals surface area contributed by atoms with Crippen LogP contribution in [0, 0.1) is 13.8 Å². The Morgan fingerprint density at radius 2 is 2.20 bits per heavy atom. The molecule has 1 fully saturated rings. The van der Waals surface area contributed by atoms with Crippen molar-refractivity contribution in [1.29, 1.82) is 0 Å². The first-order chi connectivity index (χ1) is 11.9. The highest BCUT2D eigenvalue weighted by atomic mass is 32.1. The number of carbonyl (C=O) groups excluding carboxylic acids is 2. The SMILES string of the molecule is Cc1nc(C)c(C(=O)Nc2cccc(CN3CCCC3C(N)=O)c2)s1. The van der Waals surface area contributed by atoms with Gasteiger partial charge in [0.1, 0.15) is 4.88 Å². The summed E-state index contributed by atoms with van der Waals surface area (Å²) in [6, 6.07) is 7.51. The zero-order valence-corrected chi connectivity index (χ0v) is 15.2. The normalized spacial score (nSPS) is 17.6. The molecule has 0 radical (unpaired) electrons. The Labute approximate surface area is 151 Å². The van der Waals surface area contributed by atoms with Crippen LogP contribution in [-0.4, -0.2) is 34.3 Å². The van der Waals surface area contributed by atoms with E-state index in [9.17, 15) is 9.59 Å². The minimum absolute atomic E-state index is 0.142. The summed E-state index contributed by atoms with van der Waals surface area (Å²) < 4.78 is 0. The van der Waals surface area contributed by atoms with Gasteiger partial charge in [0.25, 0.3) is 5.91 Å². The lowest BCUT2D eigenvalue weighted by Gasteiger charge is -2.22. The van der Waals surface area contributed by atoms with Crippen LogP contribution in [0.5, 0.6) is 0 Å². The van der Waals surface area contributed by atoms with Crippen molar-refractivity contribution in [2.45, 2.75) is 39.3 Å². The van der Waals surface area contributed by atoms with E-state index in [4.69, 9.17) is 5.73 Å². The lowest BCUT2D eigenvalue weighted by molar-refractivity contribution is -0.122. The van der Waals surface area contributed by atoms with Crippen molar-refractivity contribution >= 4 is 28.8 Å². The van der Waals surface area contributed by atoms with Crippen LogP contribution < -0.4 is 11.1 Å². The van der Waals surface area contributed by atoms with Crippen molar-refractivity contribution in [1.82, 2.24) is 9.88 Å². The minimum Gasteiger partial charge on any atom is -0.368 e. The first-order valence-electron chi connectivity index (χ1n) is 8.31. The van der Waals surface area contributed by atoms with Crippen molar-refractivity contribution in [2.75, 3.05) is 11.9 Å². The monoisotopic (exact) mass is 358 g/mol. The molecule has 1 aliphatic heterocycles. The maximum Gasteiger partial charge on any atom is 0.267 e. The van der Waals surface area contributed by atoms with Crippen molar-refractivity contribution in [2.24, 2.45) is 5.73 Å². The molecule has 0 bridgehead atoms. The van der Waals surface area contributed by atoms with Gasteiger partial charge in [-0.1, -0.05) is 12.1 Å². The van der Waals surface area contributed by atoms with Gasteiger partial charge in [-0.3, -0.25) is 14.5 Å². The quantitative estimate of drug-likeness (QED) is 0.859. The van der Waals surface area contributed by atoms with Gasteiger partial charge in [0, 0.05) is 12.2 Å². The van der Waals surface area contributed by atoms with Gasteiger partial charge >= 0.3 is 0 Å². The van der Waals surface area contributed by atoms with Crippen LogP contribution >= 0.6 is 11.3 Å². The van der Waals surface area contributed by atoms with E-state index < -0.39 is 0 Å². The van der Waals surface area contributed by atoms with Gasteiger partial charge in [0.2, 0.25) is 5.91 Å². The number of rotatable bonds is 5. The molecule has 3 N–H and O–H groups in total. The topological polar surface area (TPSA) is 88.3 Å². The van der Waals surface area contributed by atoms with Crippen LogP contribution in [-0.2, 0) is 11.3 Å². The van der Waals surface area contributed by atoms with Gasteiger partial charge in [0.15, 0.2) is 0 Å². The van der Waals surface area contributed by atoms with Gasteiger partial charge < -0.3 is 11.1 Å². The van der Waals surface area contributed by atoms with E-state index in [-0.39, 0.29) is 17.9 Å². The van der Waals surface area contributed by atoms with Crippen LogP contribution in [0.15, 0.2) is 24.3 Å². The molecule has 3 rings (SSSR count). The summed E-state index contributed by atoms with van der Waals surface area (Å²) in [5, 5.41) is 3.81. The van der Waals surface area contributed by atoms with E-state index in [0.717, 1.165) is 41.3 Å². The fourth-order valence-corrected chi connectivity index (χ4v) is 4.06. The highest BCUT2D eigenvalue weighted by Crippen LogP contribution is 2.22. The number of hydrogen-bond acceptors (Lipinski definition) is 5. The molecule has 2 heterocycles. The number of nitrogens with zero attached hydrogens (tertiary/aromatic N) is 2. The molecule has 0 spiro atoms. The molecule has 1 aliphatic rings. The predicted molar refractivity (Wildman–Crippen MR) is 98.6 cm³/mol. The molecule has 1 aromatic carbocycles. The van der Waals surface area contributed by atoms with Crippen LogP contribution in [0.2, 0.25) is 0 Å². The predicted octanol–water partition coefficient (Wildman–Crippen LogP) is 2.46. The second-order valence-corrected chi connectivity index (χ2v) is 7.54. The number of anilines is 1. The Balaban J connectivity index is 1.70. The van der Waals surface area contributed by atoms with Gasteiger partial charge in [-0.25, -0.2) is 4.98 Å². The number of benzene rings is 1. The zero-order valence-electron chi connectivity index (χ0n) is 14.4. The molecule has 1 saturated heterocycles. The fourth-order valence-electron chi connectivity index (χ4n) is 3.25. The van der Waals surface area contributed by atoms with E-state index in [2.05, 4.69) is 15.2 Å². The van der Waals surface area contributed by atoms with Crippen molar-refractivity contribution in [3.63, 3.8) is 0 Å². The van der Waals surface area contributed by atoms with Gasteiger partial charge in [-0.15, -0.1) is 11.3 Å². The Morgan fingerprint density at radius 1 is 1.40 bits per heavy atom. The maximum absolute atomic E-state index is 12.4. The number of likely N-dealkylation sites (tertiary alicyclic amines) is 1. The third kappa shape index (κ3) is 4.05. The van der Waals surface area contributed by atoms with E-state index >= 15 is 0 Å². The van der Waals surface area contributed by atoms with Crippen molar-refractivity contribution < 1.29 is 9.59 Å². The Bertz CT molecular complexity index is 802. The molecule has 0 saturated carbocycles. The average Bonchev–Trinajstić information content (AvgIpc) is 3.13. The third-order valence-corrected chi connectivity index (χ3v) is 5.44. The molecule has 7 heteroatoms. The summed E-state index contributed by atoms with van der Waals surface area (Å²) in [6.07, 6.45) is 1.80. The fraction of sp³-hybridized carbons (Fsp3) is 0.389. The number of thiazole rings is 1. The highest BCUT2D eigenvalue weighted by Gasteiger charge is 2.28. The Kier molecular flexibility index (Phi) is 5.15. The number of nitrogens with two attached hydrogens (primary N) is 1. The second kappa shape index (κ2) is 7.33. The molecule has 1 atom stereocenters. The van der Waals surface area contributed by atoms with Crippen LogP contribution in [0.4, 0.5) is 5.69 Å². The summed E-state index contributed by atoms with van der Waals surface area (Å²) in [5.74, 6) is -0.408. The van der Waals surface area contributed by atoms with Crippen molar-refractivity contribution in [3.8, 4) is 0 Å². The molecule has 25 heavy (non-hydrogen) atoms. The first kappa shape index (κ1) is 17.6. The van der Waals surface area contributed by atoms with E-state index in [1.165, 1.54) is 11.3 Å². The van der Waals surface area contributed by atoms with Gasteiger partial charge in [0.05, 0.1) is 16.7 Å². The summed E-state index contributed by atoms with van der Waals surface area (Å²) in [4.78, 5) is 31.0. The molecule has 2 aromatic rings. The Hall–Kier alpha value is -2.25. The molecule has 1 aromatic heterocycles. The van der Waals surface area contributed by atoms with Gasteiger partial charge in [-0.05, 0) is 50.9 Å². The van der Waals surface area contributed by atoms with Crippen LogP contribution in [0.1, 0.15) is 38.8 Å². The second-order valence-electron chi connectivity index (χ2n) is 6.33. The summed E-state index contributed by atoms with van der Waals surface area (Å²) in [5.41, 5.74) is 8.01. The minimum atomic E-state index is -0.266. The Morgan fingerprint density at radius 3 is 2.88 bits per heavy atom. The lowest BCUT2D eigenvalue weighted by atomic mass is 10.1. The number of aromatic nitrogens is 1. The van der Waals surface area contributed by atoms with E-state index in [1.807, 2.05) is 38.1 Å². The van der Waals surface area contributed by atoms with Gasteiger partial charge in [-0.2, -0.15) is 0 Å². The summed E-state index contributed by atoms with van der Waals surface area (Å²) in [7, 11) is 0. The number of primary amides is 1. The third-order valence-electron chi connectivity index (χ3n) is 4.37. The molecular formula is C18H22N4O2S. The summed E-state index contributed by atoms with van der Waals surface area (Å²) >= 11 is 1.39. The van der Waals surface area contributed by atoms with Crippen LogP contribution in [0.25, 0.3) is 0 Å². The van der Waals surface area contributed by atoms with Crippen LogP contribution in [0.3, 0.4) is 0 Å². The number of amides is 2. The number of hydrogen-bond donors (Lipinski definition) is 2. The molecule has 2 amide bonds. The number of aryl methyl sites for hydroxylation is 2. The van der Waals surface area contributed by atoms with Crippen molar-refractivity contribution in [3.05, 3.63) is 45.4 Å². The smallest absolute Gasteiger partial charge is 0.267 e. The molecular weight excluding hydrogens is 336 g/mol. The number of nitrogens with one attached hydrogen (secondary N) is 1. The largest absolute Gasteiger partial charge is 0.368 e. The standard InChI is InChI=1S/C18H22N4O2S/c1-11-16(25-12(2)20-11)18(24)21-14-6-3-5-13(9-14)10-22-8-4-7-15(22)17(19)23/h3,5-6,9,15H,4,7-8,10H2,1-2H3,(H2,19,23)(H,21,24). The van der Waals surface area contributed by atoms with E-state index in [0.29, 0.717) is 11.4 Å². The average molecular weight is 358 g/mol. The number of carbonyl (C=O) groups is 2. The first-order valence-corrected chi connectivity index (χ1v) is 9.13. The molecule has 132 valence electrons. The molecule has 1 unspecified atom stereocenters. The highest BCUT2D eigenvalue weighted by molar-refractivity contribution is 7.13. The summed E-state index contributed by atoms with van der Waals surface area (Å²) in [6.45, 7) is 5.24. The molecule has 0 aliphatic carbocycles. The lowest BCUT2D eigenvalue weighted by Crippen LogP contribution is -2.39. The molecule has 6 nitrogen and oxygen atoms in total. The zero-order chi connectivity index (χ0) is 18.0.